The van der Waals surface area contributed by atoms with E-state index >= 15 is 0 Å². The molecule has 1 atom stereocenters. The van der Waals surface area contributed by atoms with Crippen LogP contribution in [0.1, 0.15) is 59.4 Å². The summed E-state index contributed by atoms with van der Waals surface area (Å²) in [7, 11) is 2.17. The van der Waals surface area contributed by atoms with Gasteiger partial charge in [0, 0.05) is 17.7 Å². The summed E-state index contributed by atoms with van der Waals surface area (Å²) in [5, 5.41) is 0. The lowest BCUT2D eigenvalue weighted by atomic mass is 9.71. The second-order valence-corrected chi connectivity index (χ2v) is 7.28. The zero-order chi connectivity index (χ0) is 15.3. The fraction of sp³-hybridized carbons (Fsp3) is 0.476. The van der Waals surface area contributed by atoms with Crippen molar-refractivity contribution in [2.75, 3.05) is 0 Å². The zero-order valence-electron chi connectivity index (χ0n) is 14.1. The number of hydrogen-bond acceptors (Lipinski definition) is 0. The fourth-order valence-electron chi connectivity index (χ4n) is 4.66. The van der Waals surface area contributed by atoms with E-state index < -0.39 is 0 Å². The van der Waals surface area contributed by atoms with Gasteiger partial charge in [-0.15, -0.1) is 0 Å². The van der Waals surface area contributed by atoms with Crippen LogP contribution >= 0.6 is 0 Å². The van der Waals surface area contributed by atoms with Crippen molar-refractivity contribution < 1.29 is 4.57 Å². The van der Waals surface area contributed by atoms with Crippen LogP contribution in [-0.2, 0) is 19.9 Å². The number of aromatic nitrogens is 1. The molecular formula is C21H26N+. The number of nitrogens with zero attached hydrogens (tertiary/aromatic N) is 1. The molecule has 0 N–H and O–H groups in total. The molecule has 0 saturated heterocycles. The van der Waals surface area contributed by atoms with Crippen LogP contribution in [0, 0.1) is 13.8 Å². The summed E-state index contributed by atoms with van der Waals surface area (Å²) in [4.78, 5) is 0. The summed E-state index contributed by atoms with van der Waals surface area (Å²) in [5.74, 6) is 0.853. The molecule has 4 rings (SSSR count). The van der Waals surface area contributed by atoms with Gasteiger partial charge in [-0.05, 0) is 92.2 Å². The van der Waals surface area contributed by atoms with Crippen LogP contribution < -0.4 is 4.57 Å². The van der Waals surface area contributed by atoms with Gasteiger partial charge in [-0.25, -0.2) is 4.57 Å². The van der Waals surface area contributed by atoms with Gasteiger partial charge >= 0.3 is 0 Å². The van der Waals surface area contributed by atoms with Crippen LogP contribution in [0.4, 0.5) is 0 Å². The molecule has 0 fully saturated rings. The minimum atomic E-state index is 0.853. The van der Waals surface area contributed by atoms with Gasteiger partial charge < -0.3 is 0 Å². The molecule has 1 aromatic carbocycles. The minimum Gasteiger partial charge on any atom is -0.201 e. The number of rotatable bonds is 1. The highest BCUT2D eigenvalue weighted by Crippen LogP contribution is 2.44. The Labute approximate surface area is 134 Å². The van der Waals surface area contributed by atoms with Crippen molar-refractivity contribution in [1.29, 1.82) is 0 Å². The number of benzene rings is 1. The largest absolute Gasteiger partial charge is 0.212 e. The van der Waals surface area contributed by atoms with Crippen molar-refractivity contribution in [2.45, 2.75) is 58.3 Å². The Morgan fingerprint density at radius 1 is 1.05 bits per heavy atom. The predicted molar refractivity (Wildman–Crippen MR) is 91.1 cm³/mol. The Morgan fingerprint density at radius 2 is 1.82 bits per heavy atom. The first-order valence-corrected chi connectivity index (χ1v) is 8.77. The Balaban J connectivity index is 1.97. The lowest BCUT2D eigenvalue weighted by Crippen LogP contribution is -2.31. The quantitative estimate of drug-likeness (QED) is 0.679. The molecule has 0 spiro atoms. The van der Waals surface area contributed by atoms with Gasteiger partial charge in [0.15, 0.2) is 6.20 Å². The molecule has 0 bridgehead atoms. The van der Waals surface area contributed by atoms with Crippen LogP contribution in [0.25, 0.3) is 11.3 Å². The van der Waals surface area contributed by atoms with E-state index in [4.69, 9.17) is 0 Å². The van der Waals surface area contributed by atoms with Crippen molar-refractivity contribution in [2.24, 2.45) is 7.05 Å². The van der Waals surface area contributed by atoms with Crippen LogP contribution in [0.3, 0.4) is 0 Å². The molecule has 2 aliphatic carbocycles. The van der Waals surface area contributed by atoms with E-state index in [1.54, 1.807) is 16.7 Å². The lowest BCUT2D eigenvalue weighted by Gasteiger charge is -2.34. The third-order valence-electron chi connectivity index (χ3n) is 5.81. The molecule has 1 nitrogen and oxygen atoms in total. The second kappa shape index (κ2) is 5.22. The monoisotopic (exact) mass is 292 g/mol. The molecule has 0 radical (unpaired) electrons. The molecule has 0 saturated carbocycles. The molecule has 22 heavy (non-hydrogen) atoms. The molecule has 2 aliphatic rings. The van der Waals surface area contributed by atoms with E-state index in [0.717, 1.165) is 5.92 Å². The normalized spacial score (nSPS) is 19.9. The molecular weight excluding hydrogens is 266 g/mol. The highest BCUT2D eigenvalue weighted by molar-refractivity contribution is 5.67. The lowest BCUT2D eigenvalue weighted by molar-refractivity contribution is -0.660. The Morgan fingerprint density at radius 3 is 2.64 bits per heavy atom. The maximum absolute atomic E-state index is 2.51. The van der Waals surface area contributed by atoms with E-state index in [-0.39, 0.29) is 0 Å². The van der Waals surface area contributed by atoms with Crippen LogP contribution in [-0.4, -0.2) is 0 Å². The molecule has 1 unspecified atom stereocenters. The Hall–Kier alpha value is -1.63. The Bertz CT molecular complexity index is 740. The molecule has 1 aromatic heterocycles. The Kier molecular flexibility index (Phi) is 3.32. The van der Waals surface area contributed by atoms with Gasteiger partial charge in [0.25, 0.3) is 0 Å². The predicted octanol–water partition coefficient (Wildman–Crippen LogP) is 4.55. The molecule has 0 aliphatic heterocycles. The first-order valence-electron chi connectivity index (χ1n) is 8.77. The van der Waals surface area contributed by atoms with Crippen molar-refractivity contribution >= 4 is 0 Å². The highest BCUT2D eigenvalue weighted by Gasteiger charge is 2.29. The average molecular weight is 292 g/mol. The standard InChI is InChI=1S/C21H26N/c1-14-10-11-22(3)20(12-14)19-13-17-8-4-6-16-7-5-9-18(15(19)2)21(16)17/h10-13,16H,4-9H2,1-3H3/q+1. The second-order valence-electron chi connectivity index (χ2n) is 7.28. The summed E-state index contributed by atoms with van der Waals surface area (Å²) in [6.07, 6.45) is 10.3. The molecule has 1 heterocycles. The zero-order valence-corrected chi connectivity index (χ0v) is 14.1. The van der Waals surface area contributed by atoms with Crippen molar-refractivity contribution in [3.8, 4) is 11.3 Å². The number of aryl methyl sites for hydroxylation is 3. The highest BCUT2D eigenvalue weighted by atomic mass is 14.9. The maximum Gasteiger partial charge on any atom is 0.212 e. The van der Waals surface area contributed by atoms with Crippen LogP contribution in [0.2, 0.25) is 0 Å². The molecule has 0 amide bonds. The van der Waals surface area contributed by atoms with E-state index in [9.17, 15) is 0 Å². The van der Waals surface area contributed by atoms with E-state index in [0.29, 0.717) is 0 Å². The smallest absolute Gasteiger partial charge is 0.201 e. The van der Waals surface area contributed by atoms with Gasteiger partial charge in [0.2, 0.25) is 5.69 Å². The van der Waals surface area contributed by atoms with Gasteiger partial charge in [0.05, 0.1) is 0 Å². The topological polar surface area (TPSA) is 3.88 Å². The fourth-order valence-corrected chi connectivity index (χ4v) is 4.66. The first kappa shape index (κ1) is 14.0. The van der Waals surface area contributed by atoms with Crippen molar-refractivity contribution in [3.63, 3.8) is 0 Å². The van der Waals surface area contributed by atoms with Gasteiger partial charge in [-0.2, -0.15) is 0 Å². The minimum absolute atomic E-state index is 0.853. The number of pyridine rings is 1. The van der Waals surface area contributed by atoms with E-state index in [1.165, 1.54) is 60.9 Å². The SMILES string of the molecule is Cc1cc[n+](C)c(-c2cc3c4c(c2C)CCCC4CCC3)c1. The van der Waals surface area contributed by atoms with Crippen LogP contribution in [0.5, 0.6) is 0 Å². The third-order valence-corrected chi connectivity index (χ3v) is 5.81. The van der Waals surface area contributed by atoms with Crippen molar-refractivity contribution in [1.82, 2.24) is 0 Å². The molecule has 114 valence electrons. The van der Waals surface area contributed by atoms with E-state index in [2.05, 4.69) is 49.9 Å². The van der Waals surface area contributed by atoms with E-state index in [1.807, 2.05) is 0 Å². The van der Waals surface area contributed by atoms with Gasteiger partial charge in [0.1, 0.15) is 7.05 Å². The molecule has 1 heteroatoms. The van der Waals surface area contributed by atoms with Crippen LogP contribution in [0.15, 0.2) is 24.4 Å². The van der Waals surface area contributed by atoms with Gasteiger partial charge in [-0.1, -0.05) is 0 Å². The first-order chi connectivity index (χ1) is 10.6. The average Bonchev–Trinajstić information content (AvgIpc) is 2.53. The summed E-state index contributed by atoms with van der Waals surface area (Å²) in [6, 6.07) is 7.04. The van der Waals surface area contributed by atoms with Crippen molar-refractivity contribution in [3.05, 3.63) is 52.2 Å². The molecule has 2 aromatic rings. The van der Waals surface area contributed by atoms with Gasteiger partial charge in [-0.3, -0.25) is 0 Å². The number of hydrogen-bond donors (Lipinski definition) is 0. The third kappa shape index (κ3) is 2.10. The maximum atomic E-state index is 2.51. The summed E-state index contributed by atoms with van der Waals surface area (Å²) in [5.41, 5.74) is 10.8. The summed E-state index contributed by atoms with van der Waals surface area (Å²) < 4.78 is 2.28. The summed E-state index contributed by atoms with van der Waals surface area (Å²) in [6.45, 7) is 4.54. The summed E-state index contributed by atoms with van der Waals surface area (Å²) >= 11 is 0.